The molecule has 1 fully saturated rings. The number of carbonyl (C=O) groups is 3. The molecule has 1 aliphatic heterocycles. The minimum absolute atomic E-state index is 0.0208. The van der Waals surface area contributed by atoms with Crippen LogP contribution in [0.3, 0.4) is 0 Å². The number of anilines is 2. The van der Waals surface area contributed by atoms with Crippen molar-refractivity contribution in [3.8, 4) is 0 Å². The van der Waals surface area contributed by atoms with Crippen LogP contribution in [0.15, 0.2) is 48.5 Å². The van der Waals surface area contributed by atoms with E-state index in [1.165, 1.54) is 0 Å². The smallest absolute Gasteiger partial charge is 0.257 e. The van der Waals surface area contributed by atoms with Gasteiger partial charge in [0, 0.05) is 29.5 Å². The maximum Gasteiger partial charge on any atom is 0.257 e. The number of benzene rings is 2. The molecule has 0 aromatic heterocycles. The largest absolute Gasteiger partial charge is 0.376 e. The van der Waals surface area contributed by atoms with Gasteiger partial charge >= 0.3 is 0 Å². The third-order valence-corrected chi connectivity index (χ3v) is 5.10. The molecule has 1 atom stereocenters. The summed E-state index contributed by atoms with van der Waals surface area (Å²) in [7, 11) is 0. The molecular formula is C21H23ClN4O3. The van der Waals surface area contributed by atoms with Crippen LogP contribution in [0.1, 0.15) is 23.2 Å². The molecule has 0 radical (unpaired) electrons. The lowest BCUT2D eigenvalue weighted by atomic mass is 9.97. The average Bonchev–Trinajstić information content (AvgIpc) is 2.72. The monoisotopic (exact) mass is 414 g/mol. The molecule has 0 bridgehead atoms. The number of halogens is 1. The van der Waals surface area contributed by atoms with Crippen LogP contribution in [0.25, 0.3) is 0 Å². The number of hydrogen-bond acceptors (Lipinski definition) is 4. The Morgan fingerprint density at radius 3 is 2.69 bits per heavy atom. The number of nitrogens with zero attached hydrogens (tertiary/aromatic N) is 1. The molecule has 1 heterocycles. The van der Waals surface area contributed by atoms with Crippen molar-refractivity contribution in [2.24, 2.45) is 11.7 Å². The number of carbonyl (C=O) groups excluding carboxylic acids is 3. The second kappa shape index (κ2) is 9.43. The van der Waals surface area contributed by atoms with E-state index in [0.29, 0.717) is 41.5 Å². The third kappa shape index (κ3) is 5.48. The highest BCUT2D eigenvalue weighted by Crippen LogP contribution is 2.20. The summed E-state index contributed by atoms with van der Waals surface area (Å²) in [5.41, 5.74) is 6.91. The Morgan fingerprint density at radius 2 is 1.93 bits per heavy atom. The van der Waals surface area contributed by atoms with Gasteiger partial charge in [-0.3, -0.25) is 14.4 Å². The van der Waals surface area contributed by atoms with Crippen LogP contribution in [0, 0.1) is 5.92 Å². The van der Waals surface area contributed by atoms with Gasteiger partial charge in [0.2, 0.25) is 11.8 Å². The van der Waals surface area contributed by atoms with Gasteiger partial charge in [0.1, 0.15) is 0 Å². The van der Waals surface area contributed by atoms with Crippen molar-refractivity contribution in [3.05, 3.63) is 59.1 Å². The van der Waals surface area contributed by atoms with E-state index in [1.807, 2.05) is 0 Å². The van der Waals surface area contributed by atoms with Crippen LogP contribution in [0.4, 0.5) is 11.4 Å². The predicted molar refractivity (Wildman–Crippen MR) is 113 cm³/mol. The fourth-order valence-corrected chi connectivity index (χ4v) is 3.51. The number of likely N-dealkylation sites (tertiary alicyclic amines) is 1. The van der Waals surface area contributed by atoms with Crippen LogP contribution in [0.5, 0.6) is 0 Å². The zero-order chi connectivity index (χ0) is 20.8. The van der Waals surface area contributed by atoms with E-state index in [2.05, 4.69) is 10.6 Å². The second-order valence-electron chi connectivity index (χ2n) is 6.94. The molecule has 0 saturated carbocycles. The number of amides is 3. The molecule has 29 heavy (non-hydrogen) atoms. The molecule has 0 spiro atoms. The Hall–Kier alpha value is -3.06. The van der Waals surface area contributed by atoms with Gasteiger partial charge in [-0.2, -0.15) is 0 Å². The van der Waals surface area contributed by atoms with Crippen molar-refractivity contribution in [2.45, 2.75) is 12.8 Å². The summed E-state index contributed by atoms with van der Waals surface area (Å²) < 4.78 is 0. The topological polar surface area (TPSA) is 105 Å². The first-order valence-electron chi connectivity index (χ1n) is 9.41. The zero-order valence-corrected chi connectivity index (χ0v) is 16.6. The van der Waals surface area contributed by atoms with E-state index in [4.69, 9.17) is 17.3 Å². The van der Waals surface area contributed by atoms with Gasteiger partial charge < -0.3 is 21.3 Å². The SMILES string of the molecule is NC(=O)C1CCCN(C(=O)CNc2ccccc2C(=O)Nc2cccc(Cl)c2)C1. The summed E-state index contributed by atoms with van der Waals surface area (Å²) >= 11 is 5.96. The van der Waals surface area contributed by atoms with E-state index < -0.39 is 0 Å². The number of piperidine rings is 1. The van der Waals surface area contributed by atoms with Crippen molar-refractivity contribution in [3.63, 3.8) is 0 Å². The number of primary amides is 1. The molecule has 0 aliphatic carbocycles. The van der Waals surface area contributed by atoms with Crippen LogP contribution < -0.4 is 16.4 Å². The number of para-hydroxylation sites is 1. The third-order valence-electron chi connectivity index (χ3n) is 4.86. The first-order chi connectivity index (χ1) is 13.9. The van der Waals surface area contributed by atoms with E-state index >= 15 is 0 Å². The van der Waals surface area contributed by atoms with Gasteiger partial charge in [-0.25, -0.2) is 0 Å². The number of nitrogens with two attached hydrogens (primary N) is 1. The summed E-state index contributed by atoms with van der Waals surface area (Å²) in [4.78, 5) is 38.3. The maximum absolute atomic E-state index is 12.7. The van der Waals surface area contributed by atoms with Gasteiger partial charge in [-0.05, 0) is 43.2 Å². The average molecular weight is 415 g/mol. The van der Waals surface area contributed by atoms with Crippen molar-refractivity contribution in [1.29, 1.82) is 0 Å². The quantitative estimate of drug-likeness (QED) is 0.675. The van der Waals surface area contributed by atoms with Gasteiger partial charge in [-0.1, -0.05) is 29.8 Å². The predicted octanol–water partition coefficient (Wildman–Crippen LogP) is 2.73. The minimum atomic E-state index is -0.376. The Labute approximate surface area is 174 Å². The maximum atomic E-state index is 12.7. The molecule has 1 aliphatic rings. The summed E-state index contributed by atoms with van der Waals surface area (Å²) in [5, 5.41) is 6.36. The normalized spacial score (nSPS) is 16.2. The summed E-state index contributed by atoms with van der Waals surface area (Å²) in [6.07, 6.45) is 1.46. The standard InChI is InChI=1S/C21H23ClN4O3/c22-15-6-3-7-16(11-15)25-21(29)17-8-1-2-9-18(17)24-12-19(27)26-10-4-5-14(13-26)20(23)28/h1-3,6-9,11,14,24H,4-5,10,12-13H2,(H2,23,28)(H,25,29). The summed E-state index contributed by atoms with van der Waals surface area (Å²) in [6, 6.07) is 13.8. The molecule has 1 saturated heterocycles. The fourth-order valence-electron chi connectivity index (χ4n) is 3.32. The molecule has 2 aromatic rings. The van der Waals surface area contributed by atoms with Crippen molar-refractivity contribution < 1.29 is 14.4 Å². The Bertz CT molecular complexity index is 918. The lowest BCUT2D eigenvalue weighted by Gasteiger charge is -2.31. The number of nitrogens with one attached hydrogen (secondary N) is 2. The Balaban J connectivity index is 1.64. The molecule has 2 aromatic carbocycles. The van der Waals surface area contributed by atoms with E-state index in [9.17, 15) is 14.4 Å². The minimum Gasteiger partial charge on any atom is -0.376 e. The molecule has 3 rings (SSSR count). The van der Waals surface area contributed by atoms with Crippen LogP contribution in [-0.2, 0) is 9.59 Å². The molecule has 7 nitrogen and oxygen atoms in total. The van der Waals surface area contributed by atoms with Gasteiger partial charge in [0.05, 0.1) is 18.0 Å². The Kier molecular flexibility index (Phi) is 6.72. The van der Waals surface area contributed by atoms with Crippen LogP contribution in [-0.4, -0.2) is 42.3 Å². The van der Waals surface area contributed by atoms with Gasteiger partial charge in [0.25, 0.3) is 5.91 Å². The molecule has 1 unspecified atom stereocenters. The van der Waals surface area contributed by atoms with E-state index in [0.717, 1.165) is 6.42 Å². The van der Waals surface area contributed by atoms with E-state index in [1.54, 1.807) is 53.4 Å². The first-order valence-corrected chi connectivity index (χ1v) is 9.79. The Morgan fingerprint density at radius 1 is 1.14 bits per heavy atom. The molecule has 4 N–H and O–H groups in total. The number of rotatable bonds is 6. The van der Waals surface area contributed by atoms with Gasteiger partial charge in [-0.15, -0.1) is 0 Å². The lowest BCUT2D eigenvalue weighted by Crippen LogP contribution is -2.46. The summed E-state index contributed by atoms with van der Waals surface area (Å²) in [5.74, 6) is -1.13. The van der Waals surface area contributed by atoms with Crippen LogP contribution in [0.2, 0.25) is 5.02 Å². The highest BCUT2D eigenvalue weighted by Gasteiger charge is 2.26. The van der Waals surface area contributed by atoms with Crippen LogP contribution >= 0.6 is 11.6 Å². The molecule has 152 valence electrons. The van der Waals surface area contributed by atoms with Gasteiger partial charge in [0.15, 0.2) is 0 Å². The summed E-state index contributed by atoms with van der Waals surface area (Å²) in [6.45, 7) is 0.959. The zero-order valence-electron chi connectivity index (χ0n) is 15.9. The lowest BCUT2D eigenvalue weighted by molar-refractivity contribution is -0.133. The van der Waals surface area contributed by atoms with E-state index in [-0.39, 0.29) is 30.2 Å². The molecular weight excluding hydrogens is 392 g/mol. The van der Waals surface area contributed by atoms with Crippen molar-refractivity contribution in [2.75, 3.05) is 30.3 Å². The number of hydrogen-bond donors (Lipinski definition) is 3. The second-order valence-corrected chi connectivity index (χ2v) is 7.38. The highest BCUT2D eigenvalue weighted by atomic mass is 35.5. The molecule has 3 amide bonds. The molecule has 8 heteroatoms. The first kappa shape index (κ1) is 20.7. The fraction of sp³-hybridized carbons (Fsp3) is 0.286. The highest BCUT2D eigenvalue weighted by molar-refractivity contribution is 6.31. The van der Waals surface area contributed by atoms with Crippen molar-refractivity contribution in [1.82, 2.24) is 4.90 Å². The van der Waals surface area contributed by atoms with Crippen molar-refractivity contribution >= 4 is 40.7 Å².